The molecule has 0 fully saturated rings. The van der Waals surface area contributed by atoms with Gasteiger partial charge < -0.3 is 52.7 Å². The van der Waals surface area contributed by atoms with Gasteiger partial charge in [0, 0.05) is 57.6 Å². The fourth-order valence-electron chi connectivity index (χ4n) is 8.09. The molecule has 96 heavy (non-hydrogen) atoms. The van der Waals surface area contributed by atoms with Gasteiger partial charge in [-0.2, -0.15) is 0 Å². The van der Waals surface area contributed by atoms with Crippen LogP contribution < -0.4 is 56.2 Å². The highest BCUT2D eigenvalue weighted by Crippen LogP contribution is 2.36. The lowest BCUT2D eigenvalue weighted by Crippen LogP contribution is -2.47. The van der Waals surface area contributed by atoms with E-state index < -0.39 is 70.2 Å². The third-order valence-electron chi connectivity index (χ3n) is 11.6. The SMILES string of the molecule is C=C(NCCCOc1cc(OCCCN=C(C)NC(=O)OC(C)(C)C)cc(-c2ccc3ccc(-c4cc(OCCCN=C(NC(=O)OC(C)(C)C)NC(=O)OC(C)(C)C)cc(OCCCN=C(NC(=O)OC(C)(C)C)NC(=O)OC(C)(C)C)c4)cc3c2)c1)NC(=O)OC(C)(C)C. The lowest BCUT2D eigenvalue weighted by atomic mass is 9.97. The Balaban J connectivity index is 1.67. The number of ether oxygens (including phenoxy) is 10. The van der Waals surface area contributed by atoms with Crippen LogP contribution in [0.4, 0.5) is 28.8 Å². The first kappa shape index (κ1) is 79.0. The highest BCUT2D eigenvalue weighted by atomic mass is 16.6. The second-order valence-electron chi connectivity index (χ2n) is 28.1. The summed E-state index contributed by atoms with van der Waals surface area (Å²) >= 11 is 0. The van der Waals surface area contributed by atoms with Crippen molar-refractivity contribution in [3.05, 3.63) is 85.2 Å². The average Bonchev–Trinajstić information content (AvgIpc) is 0.795. The van der Waals surface area contributed by atoms with Crippen molar-refractivity contribution in [1.29, 1.82) is 0 Å². The quantitative estimate of drug-likeness (QED) is 0.0148. The lowest BCUT2D eigenvalue weighted by molar-refractivity contribution is 0.0521. The molecule has 0 unspecified atom stereocenters. The highest BCUT2D eigenvalue weighted by molar-refractivity contribution is 6.02. The van der Waals surface area contributed by atoms with Gasteiger partial charge in [-0.15, -0.1) is 0 Å². The molecule has 0 aliphatic carbocycles. The molecule has 6 amide bonds. The maximum atomic E-state index is 12.8. The van der Waals surface area contributed by atoms with Crippen molar-refractivity contribution in [1.82, 2.24) is 37.2 Å². The van der Waals surface area contributed by atoms with E-state index in [-0.39, 0.29) is 38.2 Å². The van der Waals surface area contributed by atoms with E-state index in [9.17, 15) is 28.8 Å². The number of benzene rings is 4. The monoisotopic (exact) mass is 1340 g/mol. The van der Waals surface area contributed by atoms with Crippen LogP contribution in [0.3, 0.4) is 0 Å². The predicted molar refractivity (Wildman–Crippen MR) is 371 cm³/mol. The number of carbonyl (C=O) groups excluding carboxylic acids is 6. The van der Waals surface area contributed by atoms with Crippen molar-refractivity contribution in [3.8, 4) is 45.3 Å². The number of fused-ring (bicyclic) bond motifs is 1. The molecule has 26 nitrogen and oxygen atoms in total. The summed E-state index contributed by atoms with van der Waals surface area (Å²) in [6.07, 6.45) is -2.70. The number of carbonyl (C=O) groups is 6. The van der Waals surface area contributed by atoms with Crippen molar-refractivity contribution < 1.29 is 76.1 Å². The molecular weight excluding hydrogens is 1240 g/mol. The molecule has 4 aromatic rings. The van der Waals surface area contributed by atoms with E-state index in [0.29, 0.717) is 86.6 Å². The fraction of sp³-hybridized carbons (Fsp3) is 0.529. The Morgan fingerprint density at radius 1 is 0.354 bits per heavy atom. The van der Waals surface area contributed by atoms with Crippen LogP contribution in [-0.2, 0) is 28.4 Å². The maximum Gasteiger partial charge on any atom is 0.414 e. The molecule has 4 rings (SSSR count). The van der Waals surface area contributed by atoms with Crippen LogP contribution in [0.25, 0.3) is 33.0 Å². The van der Waals surface area contributed by atoms with Crippen LogP contribution in [0, 0.1) is 0 Å². The number of hydrogen-bond acceptors (Lipinski definition) is 20. The summed E-state index contributed by atoms with van der Waals surface area (Å²) in [6, 6.07) is 23.5. The highest BCUT2D eigenvalue weighted by Gasteiger charge is 2.24. The summed E-state index contributed by atoms with van der Waals surface area (Å²) in [4.78, 5) is 88.9. The summed E-state index contributed by atoms with van der Waals surface area (Å²) in [6.45, 7) is 38.8. The number of amides is 6. The third kappa shape index (κ3) is 34.6. The Labute approximate surface area is 565 Å². The van der Waals surface area contributed by atoms with Crippen LogP contribution in [0.1, 0.15) is 157 Å². The number of amidine groups is 1. The van der Waals surface area contributed by atoms with Crippen molar-refractivity contribution in [2.75, 3.05) is 52.6 Å². The van der Waals surface area contributed by atoms with Gasteiger partial charge in [-0.25, -0.2) is 28.8 Å². The minimum atomic E-state index is -0.820. The Kier molecular flexibility index (Phi) is 29.5. The fourth-order valence-corrected chi connectivity index (χ4v) is 8.09. The van der Waals surface area contributed by atoms with Gasteiger partial charge in [0.05, 0.1) is 26.4 Å². The van der Waals surface area contributed by atoms with Gasteiger partial charge in [0.1, 0.15) is 68.3 Å². The van der Waals surface area contributed by atoms with E-state index >= 15 is 0 Å². The van der Waals surface area contributed by atoms with Crippen molar-refractivity contribution >= 4 is 65.1 Å². The van der Waals surface area contributed by atoms with Gasteiger partial charge in [-0.1, -0.05) is 30.8 Å². The summed E-state index contributed by atoms with van der Waals surface area (Å²) in [7, 11) is 0. The van der Waals surface area contributed by atoms with Gasteiger partial charge in [0.25, 0.3) is 0 Å². The first-order valence-electron chi connectivity index (χ1n) is 31.9. The van der Waals surface area contributed by atoms with Crippen LogP contribution >= 0.6 is 0 Å². The second kappa shape index (κ2) is 35.9. The van der Waals surface area contributed by atoms with E-state index in [1.807, 2.05) is 54.6 Å². The molecule has 0 spiro atoms. The van der Waals surface area contributed by atoms with Crippen LogP contribution in [-0.4, -0.2) is 141 Å². The number of hydrogen-bond donors (Lipinski definition) is 7. The lowest BCUT2D eigenvalue weighted by Gasteiger charge is -2.22. The van der Waals surface area contributed by atoms with Crippen LogP contribution in [0.2, 0.25) is 0 Å². The van der Waals surface area contributed by atoms with Gasteiger partial charge in [0.15, 0.2) is 0 Å². The van der Waals surface area contributed by atoms with Crippen LogP contribution in [0.5, 0.6) is 23.0 Å². The summed E-state index contributed by atoms with van der Waals surface area (Å²) in [5.74, 6) is 2.44. The molecule has 26 heteroatoms. The molecule has 0 saturated carbocycles. The Hall–Kier alpha value is -9.49. The van der Waals surface area contributed by atoms with Gasteiger partial charge in [0.2, 0.25) is 11.9 Å². The minimum absolute atomic E-state index is 0.115. The van der Waals surface area contributed by atoms with E-state index in [0.717, 1.165) is 33.0 Å². The number of nitrogens with one attached hydrogen (secondary N) is 7. The van der Waals surface area contributed by atoms with Crippen LogP contribution in [0.15, 0.2) is 100 Å². The first-order valence-corrected chi connectivity index (χ1v) is 31.9. The van der Waals surface area contributed by atoms with Crippen molar-refractivity contribution in [3.63, 3.8) is 0 Å². The maximum absolute atomic E-state index is 12.8. The zero-order valence-electron chi connectivity index (χ0n) is 59.5. The number of alkyl carbamates (subject to hydrolysis) is 6. The topological polar surface area (TPSA) is 316 Å². The number of nitrogens with zero attached hydrogens (tertiary/aromatic N) is 3. The number of rotatable bonds is 24. The van der Waals surface area contributed by atoms with Gasteiger partial charge in [-0.3, -0.25) is 46.9 Å². The van der Waals surface area contributed by atoms with E-state index in [2.05, 4.69) is 70.9 Å². The molecule has 0 heterocycles. The standard InChI is InChI=1S/C70H102N10O16/c1-45(75-59(81)91-65(3,4)5)71-29-21-33-87-53-39-51(40-54(43-53)88-34-22-30-72-46(2)76-60(82)92-66(6,7)8)48-27-25-47-26-28-49(38-50(47)37-48)52-41-55(89-35-23-31-73-57(77-61(83)93-67(9,10)11)78-62(84)94-68(12,13)14)44-56(42-52)90-36-24-32-74-58(79-63(85)95-69(15,16)17)80-64(86)96-70(18,19)20/h25-28,37-44,71H,1,21-24,29-36H2,2-20H3,(H,75,81)(H,72,76,82)(H2,73,77,78,83,84)(H2,74,79,80,85,86). The third-order valence-corrected chi connectivity index (χ3v) is 11.6. The molecule has 7 N–H and O–H groups in total. The van der Waals surface area contributed by atoms with E-state index in [1.54, 1.807) is 138 Å². The molecule has 0 atom stereocenters. The smallest absolute Gasteiger partial charge is 0.414 e. The molecule has 4 aromatic carbocycles. The molecule has 0 aliphatic heterocycles. The summed E-state index contributed by atoms with van der Waals surface area (Å²) < 4.78 is 57.6. The van der Waals surface area contributed by atoms with Crippen molar-refractivity contribution in [2.24, 2.45) is 15.0 Å². The zero-order chi connectivity index (χ0) is 71.7. The first-order chi connectivity index (χ1) is 44.5. The van der Waals surface area contributed by atoms with Gasteiger partial charge in [-0.05, 0) is 207 Å². The molecule has 0 aromatic heterocycles. The molecule has 0 bridgehead atoms. The number of guanidine groups is 2. The summed E-state index contributed by atoms with van der Waals surface area (Å²) in [5, 5.41) is 20.2. The summed E-state index contributed by atoms with van der Waals surface area (Å²) in [5.41, 5.74) is -1.32. The predicted octanol–water partition coefficient (Wildman–Crippen LogP) is 13.6. The molecule has 0 radical (unpaired) electrons. The molecule has 528 valence electrons. The Bertz CT molecular complexity index is 3230. The average molecular weight is 1340 g/mol. The van der Waals surface area contributed by atoms with Crippen molar-refractivity contribution in [2.45, 2.75) is 191 Å². The minimum Gasteiger partial charge on any atom is -0.493 e. The Morgan fingerprint density at radius 2 is 0.646 bits per heavy atom. The largest absolute Gasteiger partial charge is 0.493 e. The van der Waals surface area contributed by atoms with E-state index in [1.165, 1.54) is 0 Å². The normalized spacial score (nSPS) is 11.9. The molecule has 0 aliphatic rings. The Morgan fingerprint density at radius 3 is 0.969 bits per heavy atom. The zero-order valence-corrected chi connectivity index (χ0v) is 59.5. The second-order valence-corrected chi connectivity index (χ2v) is 28.1. The van der Waals surface area contributed by atoms with Gasteiger partial charge >= 0.3 is 36.6 Å². The van der Waals surface area contributed by atoms with E-state index in [4.69, 9.17) is 47.4 Å². The molecular formula is C70H102N10O16. The molecule has 0 saturated heterocycles. The number of aliphatic imine (C=N–C) groups is 3.